The molecular formula is C18H23N5OS. The summed E-state index contributed by atoms with van der Waals surface area (Å²) in [5, 5.41) is 1.19. The van der Waals surface area contributed by atoms with Gasteiger partial charge in [-0.2, -0.15) is 0 Å². The molecular weight excluding hydrogens is 334 g/mol. The number of piperidine rings is 1. The molecule has 2 aromatic heterocycles. The first-order chi connectivity index (χ1) is 12.4. The summed E-state index contributed by atoms with van der Waals surface area (Å²) in [5.74, 6) is 1.10. The monoisotopic (exact) mass is 357 g/mol. The van der Waals surface area contributed by atoms with Crippen LogP contribution in [0.5, 0.6) is 0 Å². The Balaban J connectivity index is 1.28. The number of thiazole rings is 1. The van der Waals surface area contributed by atoms with Crippen molar-refractivity contribution in [3.05, 3.63) is 29.2 Å². The van der Waals surface area contributed by atoms with E-state index in [2.05, 4.69) is 25.8 Å². The third kappa shape index (κ3) is 3.11. The quantitative estimate of drug-likeness (QED) is 0.838. The van der Waals surface area contributed by atoms with Gasteiger partial charge in [-0.25, -0.2) is 15.0 Å². The van der Waals surface area contributed by atoms with Crippen LogP contribution in [0.2, 0.25) is 0 Å². The second-order valence-electron chi connectivity index (χ2n) is 7.09. The topological polar surface area (TPSA) is 54.4 Å². The van der Waals surface area contributed by atoms with Gasteiger partial charge < -0.3 is 14.5 Å². The summed E-state index contributed by atoms with van der Waals surface area (Å²) in [6, 6.07) is 3.31. The van der Waals surface area contributed by atoms with E-state index in [1.54, 1.807) is 6.33 Å². The van der Waals surface area contributed by atoms with Gasteiger partial charge in [-0.1, -0.05) is 11.3 Å². The van der Waals surface area contributed by atoms with Gasteiger partial charge in [0.05, 0.1) is 23.8 Å². The van der Waals surface area contributed by atoms with Crippen molar-refractivity contribution < 1.29 is 4.74 Å². The third-order valence-corrected chi connectivity index (χ3v) is 6.51. The average Bonchev–Trinajstić information content (AvgIpc) is 3.40. The Bertz CT molecular complexity index is 701. The van der Waals surface area contributed by atoms with Crippen molar-refractivity contribution in [1.29, 1.82) is 0 Å². The molecule has 4 heterocycles. The van der Waals surface area contributed by atoms with Crippen LogP contribution in [0.15, 0.2) is 18.6 Å². The highest BCUT2D eigenvalue weighted by molar-refractivity contribution is 7.15. The predicted octanol–water partition coefficient (Wildman–Crippen LogP) is 2.64. The Morgan fingerprint density at radius 2 is 2.00 bits per heavy atom. The lowest BCUT2D eigenvalue weighted by molar-refractivity contribution is 0.112. The second-order valence-corrected chi connectivity index (χ2v) is 8.16. The van der Waals surface area contributed by atoms with Gasteiger partial charge in [0.25, 0.3) is 0 Å². The maximum Gasteiger partial charge on any atom is 0.185 e. The second kappa shape index (κ2) is 6.53. The Morgan fingerprint density at radius 3 is 2.72 bits per heavy atom. The van der Waals surface area contributed by atoms with Crippen LogP contribution in [0.4, 0.5) is 10.9 Å². The molecule has 132 valence electrons. The molecule has 1 aliphatic carbocycles. The minimum Gasteiger partial charge on any atom is -0.375 e. The zero-order valence-corrected chi connectivity index (χ0v) is 15.1. The first-order valence-corrected chi connectivity index (χ1v) is 10.1. The average molecular weight is 357 g/mol. The Labute approximate surface area is 151 Å². The molecule has 0 unspecified atom stereocenters. The molecule has 5 rings (SSSR count). The van der Waals surface area contributed by atoms with Crippen molar-refractivity contribution in [1.82, 2.24) is 15.0 Å². The van der Waals surface area contributed by atoms with Crippen LogP contribution in [0.1, 0.15) is 36.3 Å². The molecule has 3 aliphatic rings. The van der Waals surface area contributed by atoms with E-state index in [0.717, 1.165) is 38.5 Å². The lowest BCUT2D eigenvalue weighted by atomic mass is 10.0. The Hall–Kier alpha value is -1.73. The summed E-state index contributed by atoms with van der Waals surface area (Å²) < 4.78 is 5.56. The van der Waals surface area contributed by atoms with E-state index >= 15 is 0 Å². The van der Waals surface area contributed by atoms with Crippen molar-refractivity contribution in [3.63, 3.8) is 0 Å². The molecule has 0 N–H and O–H groups in total. The standard InChI is InChI=1S/C18H23N5OS/c1-2-13(1)23(17-3-7-19-12-20-17)14-4-8-22(9-5-14)18-21-15-6-10-24-11-16(15)25-18/h3,7,12-14H,1-2,4-6,8-11H2. The molecule has 2 fully saturated rings. The van der Waals surface area contributed by atoms with Crippen LogP contribution in [-0.2, 0) is 17.8 Å². The fourth-order valence-electron chi connectivity index (χ4n) is 3.94. The van der Waals surface area contributed by atoms with Gasteiger partial charge in [-0.3, -0.25) is 0 Å². The largest absolute Gasteiger partial charge is 0.375 e. The van der Waals surface area contributed by atoms with E-state index in [4.69, 9.17) is 9.72 Å². The maximum atomic E-state index is 5.56. The zero-order chi connectivity index (χ0) is 16.6. The zero-order valence-electron chi connectivity index (χ0n) is 14.3. The summed E-state index contributed by atoms with van der Waals surface area (Å²) >= 11 is 1.82. The van der Waals surface area contributed by atoms with Crippen molar-refractivity contribution in [3.8, 4) is 0 Å². The molecule has 2 aliphatic heterocycles. The molecule has 1 saturated carbocycles. The summed E-state index contributed by atoms with van der Waals surface area (Å²) in [7, 11) is 0. The van der Waals surface area contributed by atoms with Crippen molar-refractivity contribution in [2.24, 2.45) is 0 Å². The summed E-state index contributed by atoms with van der Waals surface area (Å²) in [4.78, 5) is 19.8. The Kier molecular flexibility index (Phi) is 4.06. The first-order valence-electron chi connectivity index (χ1n) is 9.24. The number of hydrogen-bond donors (Lipinski definition) is 0. The van der Waals surface area contributed by atoms with Crippen LogP contribution in [0.3, 0.4) is 0 Å². The van der Waals surface area contributed by atoms with Gasteiger partial charge in [0.1, 0.15) is 12.1 Å². The summed E-state index contributed by atoms with van der Waals surface area (Å²) in [6.07, 6.45) is 9.41. The van der Waals surface area contributed by atoms with Crippen molar-refractivity contribution in [2.75, 3.05) is 29.5 Å². The number of ether oxygens (including phenoxy) is 1. The highest BCUT2D eigenvalue weighted by atomic mass is 32.1. The number of anilines is 2. The maximum absolute atomic E-state index is 5.56. The lowest BCUT2D eigenvalue weighted by Crippen LogP contribution is -2.46. The van der Waals surface area contributed by atoms with Crippen LogP contribution in [0.25, 0.3) is 0 Å². The molecule has 25 heavy (non-hydrogen) atoms. The molecule has 0 spiro atoms. The number of hydrogen-bond acceptors (Lipinski definition) is 7. The van der Waals surface area contributed by atoms with Crippen LogP contribution in [-0.4, -0.2) is 46.7 Å². The van der Waals surface area contributed by atoms with E-state index in [-0.39, 0.29) is 0 Å². The van der Waals surface area contributed by atoms with Gasteiger partial charge in [-0.05, 0) is 31.7 Å². The van der Waals surface area contributed by atoms with Crippen molar-refractivity contribution >= 4 is 22.3 Å². The van der Waals surface area contributed by atoms with Gasteiger partial charge in [0, 0.05) is 37.8 Å². The Morgan fingerprint density at radius 1 is 1.16 bits per heavy atom. The predicted molar refractivity (Wildman–Crippen MR) is 98.2 cm³/mol. The fraction of sp³-hybridized carbons (Fsp3) is 0.611. The third-order valence-electron chi connectivity index (χ3n) is 5.38. The van der Waals surface area contributed by atoms with Gasteiger partial charge in [0.15, 0.2) is 5.13 Å². The number of aromatic nitrogens is 3. The van der Waals surface area contributed by atoms with E-state index < -0.39 is 0 Å². The SMILES string of the molecule is c1cc(N(C2CC2)C2CCN(c3nc4c(s3)COCC4)CC2)ncn1. The number of fused-ring (bicyclic) bond motifs is 1. The molecule has 0 bridgehead atoms. The summed E-state index contributed by atoms with van der Waals surface area (Å²) in [6.45, 7) is 3.71. The minimum absolute atomic E-state index is 0.580. The molecule has 0 aromatic carbocycles. The minimum atomic E-state index is 0.580. The molecule has 1 saturated heterocycles. The van der Waals surface area contributed by atoms with E-state index in [1.165, 1.54) is 41.4 Å². The van der Waals surface area contributed by atoms with E-state index in [0.29, 0.717) is 12.1 Å². The fourth-order valence-corrected chi connectivity index (χ4v) is 5.04. The van der Waals surface area contributed by atoms with Crippen LogP contribution < -0.4 is 9.80 Å². The molecule has 6 nitrogen and oxygen atoms in total. The number of rotatable bonds is 4. The molecule has 0 amide bonds. The highest BCUT2D eigenvalue weighted by Crippen LogP contribution is 2.37. The van der Waals surface area contributed by atoms with Gasteiger partial charge >= 0.3 is 0 Å². The van der Waals surface area contributed by atoms with Crippen molar-refractivity contribution in [2.45, 2.75) is 50.8 Å². The van der Waals surface area contributed by atoms with Gasteiger partial charge in [-0.15, -0.1) is 0 Å². The smallest absolute Gasteiger partial charge is 0.185 e. The van der Waals surface area contributed by atoms with Crippen LogP contribution in [0, 0.1) is 0 Å². The molecule has 7 heteroatoms. The van der Waals surface area contributed by atoms with Crippen LogP contribution >= 0.6 is 11.3 Å². The normalized spacial score (nSPS) is 21.2. The van der Waals surface area contributed by atoms with E-state index in [9.17, 15) is 0 Å². The van der Waals surface area contributed by atoms with Gasteiger partial charge in [0.2, 0.25) is 0 Å². The highest BCUT2D eigenvalue weighted by Gasteiger charge is 2.36. The molecule has 0 atom stereocenters. The first kappa shape index (κ1) is 15.5. The van der Waals surface area contributed by atoms with E-state index in [1.807, 2.05) is 17.5 Å². The summed E-state index contributed by atoms with van der Waals surface area (Å²) in [5.41, 5.74) is 1.26. The lowest BCUT2D eigenvalue weighted by Gasteiger charge is -2.39. The molecule has 2 aromatic rings. The molecule has 0 radical (unpaired) electrons. The number of nitrogens with zero attached hydrogens (tertiary/aromatic N) is 5.